The second kappa shape index (κ2) is 8.15. The van der Waals surface area contributed by atoms with E-state index in [9.17, 15) is 4.79 Å². The van der Waals surface area contributed by atoms with Crippen molar-refractivity contribution in [3.05, 3.63) is 29.0 Å². The number of amides is 1. The van der Waals surface area contributed by atoms with Crippen molar-refractivity contribution in [2.24, 2.45) is 11.8 Å². The highest BCUT2D eigenvalue weighted by molar-refractivity contribution is 7.13. The molecule has 0 aromatic carbocycles. The number of oxazole rings is 1. The lowest BCUT2D eigenvalue weighted by Gasteiger charge is -2.45. The van der Waals surface area contributed by atoms with Crippen molar-refractivity contribution >= 4 is 17.2 Å². The highest BCUT2D eigenvalue weighted by Gasteiger charge is 2.33. The van der Waals surface area contributed by atoms with Crippen LogP contribution in [0, 0.1) is 18.8 Å². The second-order valence-corrected chi connectivity index (χ2v) is 9.56. The predicted molar refractivity (Wildman–Crippen MR) is 110 cm³/mol. The molecule has 1 aliphatic rings. The van der Waals surface area contributed by atoms with E-state index in [0.717, 1.165) is 18.0 Å². The fourth-order valence-electron chi connectivity index (χ4n) is 3.90. The molecule has 0 aliphatic carbocycles. The van der Waals surface area contributed by atoms with Gasteiger partial charge < -0.3 is 9.73 Å². The lowest BCUT2D eigenvalue weighted by molar-refractivity contribution is -0.121. The largest absolute Gasteiger partial charge is 0.440 e. The number of thiophene rings is 1. The minimum atomic E-state index is -0.0560. The maximum Gasteiger partial charge on any atom is 0.236 e. The summed E-state index contributed by atoms with van der Waals surface area (Å²) in [6.45, 7) is 13.8. The Balaban J connectivity index is 1.56. The summed E-state index contributed by atoms with van der Waals surface area (Å²) < 4.78 is 5.74. The van der Waals surface area contributed by atoms with E-state index in [2.05, 4.69) is 42.9 Å². The van der Waals surface area contributed by atoms with Crippen molar-refractivity contribution in [2.45, 2.75) is 53.0 Å². The van der Waals surface area contributed by atoms with Gasteiger partial charge in [-0.2, -0.15) is 0 Å². The Kier molecular flexibility index (Phi) is 6.06. The van der Waals surface area contributed by atoms with Crippen molar-refractivity contribution in [3.8, 4) is 10.8 Å². The third-order valence-corrected chi connectivity index (χ3v) is 6.25. The van der Waals surface area contributed by atoms with Gasteiger partial charge in [0.25, 0.3) is 0 Å². The third-order valence-electron chi connectivity index (χ3n) is 5.40. The first-order valence-electron chi connectivity index (χ1n) is 9.76. The van der Waals surface area contributed by atoms with Crippen LogP contribution in [0.3, 0.4) is 0 Å². The van der Waals surface area contributed by atoms with Gasteiger partial charge in [0, 0.05) is 25.2 Å². The number of piperidine rings is 1. The van der Waals surface area contributed by atoms with E-state index in [1.54, 1.807) is 11.3 Å². The Morgan fingerprint density at radius 1 is 1.37 bits per heavy atom. The molecule has 3 heterocycles. The van der Waals surface area contributed by atoms with Crippen LogP contribution < -0.4 is 5.32 Å². The molecular formula is C21H31N3O2S. The molecule has 0 bridgehead atoms. The van der Waals surface area contributed by atoms with Crippen LogP contribution in [0.4, 0.5) is 0 Å². The summed E-state index contributed by atoms with van der Waals surface area (Å²) >= 11 is 1.58. The Morgan fingerprint density at radius 3 is 2.70 bits per heavy atom. The molecule has 0 spiro atoms. The average molecular weight is 390 g/mol. The average Bonchev–Trinajstić information content (AvgIpc) is 3.23. The van der Waals surface area contributed by atoms with Crippen molar-refractivity contribution in [2.75, 3.05) is 19.6 Å². The molecule has 1 N–H and O–H groups in total. The fourth-order valence-corrected chi connectivity index (χ4v) is 4.55. The van der Waals surface area contributed by atoms with Crippen LogP contribution in [-0.2, 0) is 11.2 Å². The smallest absolute Gasteiger partial charge is 0.236 e. The van der Waals surface area contributed by atoms with Crippen molar-refractivity contribution in [1.82, 2.24) is 15.2 Å². The van der Waals surface area contributed by atoms with Crippen LogP contribution in [0.25, 0.3) is 10.8 Å². The lowest BCUT2D eigenvalue weighted by Crippen LogP contribution is -2.56. The van der Waals surface area contributed by atoms with Gasteiger partial charge in [-0.25, -0.2) is 4.98 Å². The molecule has 1 saturated heterocycles. The molecule has 2 aromatic heterocycles. The highest BCUT2D eigenvalue weighted by Crippen LogP contribution is 2.27. The van der Waals surface area contributed by atoms with E-state index in [-0.39, 0.29) is 17.9 Å². The number of carbonyl (C=O) groups excluding carboxylic acids is 1. The molecule has 6 heteroatoms. The Labute approximate surface area is 166 Å². The molecule has 1 amide bonds. The zero-order valence-electron chi connectivity index (χ0n) is 17.0. The first kappa shape index (κ1) is 20.1. The van der Waals surface area contributed by atoms with Gasteiger partial charge >= 0.3 is 0 Å². The van der Waals surface area contributed by atoms with Crippen LogP contribution >= 0.6 is 11.3 Å². The third kappa shape index (κ3) is 4.99. The number of likely N-dealkylation sites (tertiary alicyclic amines) is 1. The van der Waals surface area contributed by atoms with Gasteiger partial charge in [0.2, 0.25) is 11.8 Å². The molecule has 0 saturated carbocycles. The second-order valence-electron chi connectivity index (χ2n) is 8.62. The number of nitrogens with one attached hydrogen (secondary N) is 1. The molecule has 1 aliphatic heterocycles. The molecule has 0 radical (unpaired) electrons. The molecule has 3 rings (SSSR count). The van der Waals surface area contributed by atoms with E-state index < -0.39 is 0 Å². The highest BCUT2D eigenvalue weighted by atomic mass is 32.1. The normalized spacial score (nSPS) is 21.4. The summed E-state index contributed by atoms with van der Waals surface area (Å²) in [5, 5.41) is 5.10. The number of carbonyl (C=O) groups is 1. The van der Waals surface area contributed by atoms with Crippen LogP contribution in [0.2, 0.25) is 0 Å². The maximum atomic E-state index is 12.5. The van der Waals surface area contributed by atoms with Gasteiger partial charge in [0.1, 0.15) is 5.76 Å². The van der Waals surface area contributed by atoms with Gasteiger partial charge in [-0.15, -0.1) is 11.3 Å². The van der Waals surface area contributed by atoms with E-state index in [1.807, 2.05) is 24.4 Å². The summed E-state index contributed by atoms with van der Waals surface area (Å²) in [5.41, 5.74) is 0.661. The minimum absolute atomic E-state index is 0.00434. The summed E-state index contributed by atoms with van der Waals surface area (Å²) in [7, 11) is 0. The van der Waals surface area contributed by atoms with Gasteiger partial charge in [0.05, 0.1) is 17.0 Å². The van der Waals surface area contributed by atoms with Crippen LogP contribution in [0.15, 0.2) is 21.9 Å². The van der Waals surface area contributed by atoms with Crippen LogP contribution in [0.5, 0.6) is 0 Å². The molecule has 2 atom stereocenters. The lowest BCUT2D eigenvalue weighted by atomic mass is 9.88. The molecule has 2 unspecified atom stereocenters. The van der Waals surface area contributed by atoms with Crippen LogP contribution in [0.1, 0.15) is 45.6 Å². The van der Waals surface area contributed by atoms with E-state index in [4.69, 9.17) is 4.42 Å². The van der Waals surface area contributed by atoms with Gasteiger partial charge in [-0.3, -0.25) is 9.69 Å². The van der Waals surface area contributed by atoms with Gasteiger partial charge in [0.15, 0.2) is 0 Å². The molecule has 148 valence electrons. The minimum Gasteiger partial charge on any atom is -0.440 e. The Morgan fingerprint density at radius 2 is 2.07 bits per heavy atom. The number of nitrogens with zero attached hydrogens (tertiary/aromatic N) is 2. The van der Waals surface area contributed by atoms with E-state index >= 15 is 0 Å². The fraction of sp³-hybridized carbons (Fsp3) is 0.619. The molecule has 1 fully saturated rings. The van der Waals surface area contributed by atoms with Crippen molar-refractivity contribution < 1.29 is 9.21 Å². The summed E-state index contributed by atoms with van der Waals surface area (Å²) in [4.78, 5) is 20.5. The van der Waals surface area contributed by atoms with E-state index in [0.29, 0.717) is 35.7 Å². The monoisotopic (exact) mass is 389 g/mol. The molecular weight excluding hydrogens is 358 g/mol. The quantitative estimate of drug-likeness (QED) is 0.807. The predicted octanol–water partition coefficient (Wildman–Crippen LogP) is 4.13. The summed E-state index contributed by atoms with van der Waals surface area (Å²) in [5.74, 6) is 2.72. The standard InChI is InChI=1S/C21H31N3O2S/c1-14-9-15(2)12-24(11-14)21(4,5)13-22-19(25)10-17-16(3)26-20(23-17)18-7-6-8-27-18/h6-8,14-15H,9-13H2,1-5H3,(H,22,25). The molecule has 27 heavy (non-hydrogen) atoms. The number of hydrogen-bond acceptors (Lipinski definition) is 5. The molecule has 2 aromatic rings. The Hall–Kier alpha value is -1.66. The van der Waals surface area contributed by atoms with E-state index in [1.165, 1.54) is 6.42 Å². The summed E-state index contributed by atoms with van der Waals surface area (Å²) in [6, 6.07) is 3.94. The molecule has 5 nitrogen and oxygen atoms in total. The van der Waals surface area contributed by atoms with Crippen molar-refractivity contribution in [1.29, 1.82) is 0 Å². The van der Waals surface area contributed by atoms with Gasteiger partial charge in [-0.05, 0) is 50.5 Å². The first-order chi connectivity index (χ1) is 12.7. The zero-order valence-corrected chi connectivity index (χ0v) is 17.9. The number of aromatic nitrogens is 1. The topological polar surface area (TPSA) is 58.4 Å². The van der Waals surface area contributed by atoms with Crippen molar-refractivity contribution in [3.63, 3.8) is 0 Å². The number of hydrogen-bond donors (Lipinski definition) is 1. The van der Waals surface area contributed by atoms with Gasteiger partial charge in [-0.1, -0.05) is 19.9 Å². The SMILES string of the molecule is Cc1oc(-c2cccs2)nc1CC(=O)NCC(C)(C)N1CC(C)CC(C)C1. The number of rotatable bonds is 6. The summed E-state index contributed by atoms with van der Waals surface area (Å²) in [6.07, 6.45) is 1.54. The first-order valence-corrected chi connectivity index (χ1v) is 10.6. The number of aryl methyl sites for hydroxylation is 1. The maximum absolute atomic E-state index is 12.5. The Bertz CT molecular complexity index is 756. The van der Waals surface area contributed by atoms with Crippen LogP contribution in [-0.4, -0.2) is 41.0 Å². The zero-order chi connectivity index (χ0) is 19.6.